The third-order valence-corrected chi connectivity index (χ3v) is 2.75. The minimum atomic E-state index is 0.943. The van der Waals surface area contributed by atoms with Crippen LogP contribution in [0.2, 0.25) is 0 Å². The Morgan fingerprint density at radius 2 is 1.67 bits per heavy atom. The molecular formula is C12H23N3. The molecule has 0 saturated carbocycles. The van der Waals surface area contributed by atoms with Crippen LogP contribution in [0.25, 0.3) is 0 Å². The molecule has 3 nitrogen and oxygen atoms in total. The van der Waals surface area contributed by atoms with Gasteiger partial charge in [0, 0.05) is 6.54 Å². The molecule has 0 spiro atoms. The van der Waals surface area contributed by atoms with Crippen LogP contribution >= 0.6 is 0 Å². The summed E-state index contributed by atoms with van der Waals surface area (Å²) in [7, 11) is 0. The largest absolute Gasteiger partial charge is 0.249 e. The molecule has 0 atom stereocenters. The van der Waals surface area contributed by atoms with Gasteiger partial charge in [0.25, 0.3) is 0 Å². The van der Waals surface area contributed by atoms with Crippen molar-refractivity contribution in [2.24, 2.45) is 0 Å². The number of hydrogen-bond acceptors (Lipinski definition) is 2. The van der Waals surface area contributed by atoms with Crippen molar-refractivity contribution in [1.29, 1.82) is 0 Å². The Bertz CT molecular complexity index is 278. The van der Waals surface area contributed by atoms with Gasteiger partial charge in [-0.1, -0.05) is 31.9 Å². The topological polar surface area (TPSA) is 30.7 Å². The first-order chi connectivity index (χ1) is 7.33. The monoisotopic (exact) mass is 209 g/mol. The highest BCUT2D eigenvalue weighted by molar-refractivity contribution is 5.10. The average molecular weight is 209 g/mol. The van der Waals surface area contributed by atoms with Crippen molar-refractivity contribution in [1.82, 2.24) is 15.0 Å². The van der Waals surface area contributed by atoms with E-state index in [0.29, 0.717) is 0 Å². The van der Waals surface area contributed by atoms with Crippen molar-refractivity contribution in [3.63, 3.8) is 0 Å². The summed E-state index contributed by atoms with van der Waals surface area (Å²) in [5.74, 6) is 0. The Morgan fingerprint density at radius 1 is 1.00 bits per heavy atom. The number of hydrogen-bond donors (Lipinski definition) is 0. The van der Waals surface area contributed by atoms with Gasteiger partial charge in [0.15, 0.2) is 0 Å². The molecule has 0 aliphatic rings. The summed E-state index contributed by atoms with van der Waals surface area (Å²) < 4.78 is 2.06. The van der Waals surface area contributed by atoms with Gasteiger partial charge in [-0.3, -0.25) is 0 Å². The summed E-state index contributed by atoms with van der Waals surface area (Å²) in [5, 5.41) is 8.50. The lowest BCUT2D eigenvalue weighted by Gasteiger charge is -2.04. The summed E-state index contributed by atoms with van der Waals surface area (Å²) in [6, 6.07) is 0. The Kier molecular flexibility index (Phi) is 5.37. The van der Waals surface area contributed by atoms with Crippen LogP contribution in [-0.2, 0) is 19.4 Å². The Balaban J connectivity index is 2.70. The molecule has 1 rings (SSSR count). The molecule has 3 heteroatoms. The van der Waals surface area contributed by atoms with Gasteiger partial charge in [0.1, 0.15) is 0 Å². The van der Waals surface area contributed by atoms with E-state index in [2.05, 4.69) is 35.8 Å². The maximum absolute atomic E-state index is 4.29. The van der Waals surface area contributed by atoms with Crippen molar-refractivity contribution in [3.8, 4) is 0 Å². The van der Waals surface area contributed by atoms with Crippen LogP contribution in [0, 0.1) is 0 Å². The fourth-order valence-corrected chi connectivity index (χ4v) is 1.78. The maximum Gasteiger partial charge on any atom is 0.0859 e. The van der Waals surface area contributed by atoms with E-state index in [1.165, 1.54) is 37.1 Å². The van der Waals surface area contributed by atoms with E-state index in [-0.39, 0.29) is 0 Å². The number of aromatic nitrogens is 3. The lowest BCUT2D eigenvalue weighted by Crippen LogP contribution is -2.04. The predicted molar refractivity (Wildman–Crippen MR) is 62.9 cm³/mol. The van der Waals surface area contributed by atoms with E-state index in [4.69, 9.17) is 0 Å². The molecule has 1 aromatic heterocycles. The summed E-state index contributed by atoms with van der Waals surface area (Å²) in [5.41, 5.74) is 2.60. The second kappa shape index (κ2) is 6.59. The van der Waals surface area contributed by atoms with Gasteiger partial charge in [-0.2, -0.15) is 0 Å². The van der Waals surface area contributed by atoms with Crippen molar-refractivity contribution < 1.29 is 0 Å². The minimum Gasteiger partial charge on any atom is -0.249 e. The molecule has 0 unspecified atom stereocenters. The summed E-state index contributed by atoms with van der Waals surface area (Å²) in [6.07, 6.45) is 7.16. The molecule has 0 aliphatic heterocycles. The fourth-order valence-electron chi connectivity index (χ4n) is 1.78. The first kappa shape index (κ1) is 12.2. The number of unbranched alkanes of at least 4 members (excludes halogenated alkanes) is 2. The highest BCUT2D eigenvalue weighted by atomic mass is 15.4. The smallest absolute Gasteiger partial charge is 0.0859 e. The van der Waals surface area contributed by atoms with Gasteiger partial charge < -0.3 is 0 Å². The zero-order chi connectivity index (χ0) is 11.1. The number of nitrogens with zero attached hydrogens (tertiary/aromatic N) is 3. The fraction of sp³-hybridized carbons (Fsp3) is 0.833. The third-order valence-electron chi connectivity index (χ3n) is 2.75. The highest BCUT2D eigenvalue weighted by Gasteiger charge is 2.10. The third kappa shape index (κ3) is 3.33. The molecule has 0 radical (unpaired) electrons. The molecular weight excluding hydrogens is 186 g/mol. The van der Waals surface area contributed by atoms with Crippen LogP contribution in [0.1, 0.15) is 57.8 Å². The standard InChI is InChI=1S/C12H23N3/c1-4-7-9-11-12(10-8-5-2)15(6-3)14-13-11/h4-10H2,1-3H3. The first-order valence-electron chi connectivity index (χ1n) is 6.24. The van der Waals surface area contributed by atoms with Gasteiger partial charge in [-0.25, -0.2) is 4.68 Å². The van der Waals surface area contributed by atoms with E-state index >= 15 is 0 Å². The molecule has 1 heterocycles. The second-order valence-electron chi connectivity index (χ2n) is 4.01. The zero-order valence-corrected chi connectivity index (χ0v) is 10.3. The maximum atomic E-state index is 4.29. The van der Waals surface area contributed by atoms with E-state index in [1.54, 1.807) is 0 Å². The molecule has 0 aromatic carbocycles. The first-order valence-corrected chi connectivity index (χ1v) is 6.24. The van der Waals surface area contributed by atoms with E-state index < -0.39 is 0 Å². The lowest BCUT2D eigenvalue weighted by molar-refractivity contribution is 0.587. The van der Waals surface area contributed by atoms with Gasteiger partial charge >= 0.3 is 0 Å². The summed E-state index contributed by atoms with van der Waals surface area (Å²) in [6.45, 7) is 7.52. The molecule has 0 amide bonds. The molecule has 1 aromatic rings. The van der Waals surface area contributed by atoms with Crippen molar-refractivity contribution in [3.05, 3.63) is 11.4 Å². The molecule has 15 heavy (non-hydrogen) atoms. The number of aryl methyl sites for hydroxylation is 2. The molecule has 0 aliphatic carbocycles. The zero-order valence-electron chi connectivity index (χ0n) is 10.3. The van der Waals surface area contributed by atoms with Gasteiger partial charge in [0.2, 0.25) is 0 Å². The van der Waals surface area contributed by atoms with Crippen LogP contribution in [0.4, 0.5) is 0 Å². The summed E-state index contributed by atoms with van der Waals surface area (Å²) in [4.78, 5) is 0. The average Bonchev–Trinajstić information content (AvgIpc) is 2.65. The SMILES string of the molecule is CCCCc1nnn(CC)c1CCCC. The quantitative estimate of drug-likeness (QED) is 0.691. The van der Waals surface area contributed by atoms with Crippen LogP contribution in [-0.4, -0.2) is 15.0 Å². The van der Waals surface area contributed by atoms with Crippen molar-refractivity contribution >= 4 is 0 Å². The van der Waals surface area contributed by atoms with E-state index in [9.17, 15) is 0 Å². The normalized spacial score (nSPS) is 10.9. The van der Waals surface area contributed by atoms with Crippen molar-refractivity contribution in [2.75, 3.05) is 0 Å². The van der Waals surface area contributed by atoms with E-state index in [0.717, 1.165) is 19.4 Å². The van der Waals surface area contributed by atoms with E-state index in [1.807, 2.05) is 0 Å². The molecule has 0 fully saturated rings. The Morgan fingerprint density at radius 3 is 2.27 bits per heavy atom. The Labute approximate surface area is 92.9 Å². The molecule has 0 saturated heterocycles. The van der Waals surface area contributed by atoms with Crippen molar-refractivity contribution in [2.45, 2.75) is 65.8 Å². The van der Waals surface area contributed by atoms with Crippen LogP contribution in [0.3, 0.4) is 0 Å². The van der Waals surface area contributed by atoms with Crippen LogP contribution in [0.5, 0.6) is 0 Å². The molecule has 86 valence electrons. The summed E-state index contributed by atoms with van der Waals surface area (Å²) >= 11 is 0. The molecule has 0 N–H and O–H groups in total. The minimum absolute atomic E-state index is 0.943. The van der Waals surface area contributed by atoms with Gasteiger partial charge in [-0.15, -0.1) is 5.10 Å². The van der Waals surface area contributed by atoms with Crippen LogP contribution < -0.4 is 0 Å². The lowest BCUT2D eigenvalue weighted by atomic mass is 10.1. The number of rotatable bonds is 7. The highest BCUT2D eigenvalue weighted by Crippen LogP contribution is 2.12. The van der Waals surface area contributed by atoms with Gasteiger partial charge in [-0.05, 0) is 32.6 Å². The van der Waals surface area contributed by atoms with Gasteiger partial charge in [0.05, 0.1) is 11.4 Å². The predicted octanol–water partition coefficient (Wildman–Crippen LogP) is 2.98. The Hall–Kier alpha value is -0.860. The van der Waals surface area contributed by atoms with Crippen LogP contribution in [0.15, 0.2) is 0 Å². The molecule has 0 bridgehead atoms. The second-order valence-corrected chi connectivity index (χ2v) is 4.01.